The van der Waals surface area contributed by atoms with Crippen molar-refractivity contribution in [2.24, 2.45) is 4.99 Å². The maximum atomic E-state index is 6.09. The van der Waals surface area contributed by atoms with Crippen LogP contribution >= 0.6 is 11.3 Å². The van der Waals surface area contributed by atoms with Crippen LogP contribution in [0.5, 0.6) is 5.75 Å². The zero-order valence-corrected chi connectivity index (χ0v) is 13.6. The molecule has 2 nitrogen and oxygen atoms in total. The average molecular weight is 289 g/mol. The van der Waals surface area contributed by atoms with Crippen LogP contribution in [0.3, 0.4) is 0 Å². The molecule has 4 heteroatoms. The van der Waals surface area contributed by atoms with E-state index in [1.54, 1.807) is 11.3 Å². The Balaban J connectivity index is 2.29. The Bertz CT molecular complexity index is 570. The standard InChI is InChI=1S/C15H19NOSSi/c1-12-7-8-15(17-19(2,3)4)14(10-12)16-11-13-6-5-9-18-13/h5-11H,1-4H3. The molecule has 0 amide bonds. The number of nitrogens with zero attached hydrogens (tertiary/aromatic N) is 1. The summed E-state index contributed by atoms with van der Waals surface area (Å²) in [5.74, 6) is 0.887. The Morgan fingerprint density at radius 3 is 2.63 bits per heavy atom. The third-order valence-corrected chi connectivity index (χ3v) is 4.04. The van der Waals surface area contributed by atoms with Crippen molar-refractivity contribution in [3.63, 3.8) is 0 Å². The Labute approximate surface area is 119 Å². The highest BCUT2D eigenvalue weighted by Gasteiger charge is 2.18. The first-order chi connectivity index (χ1) is 8.94. The van der Waals surface area contributed by atoms with E-state index in [-0.39, 0.29) is 0 Å². The highest BCUT2D eigenvalue weighted by molar-refractivity contribution is 7.11. The minimum absolute atomic E-state index is 0.887. The van der Waals surface area contributed by atoms with Crippen molar-refractivity contribution in [1.29, 1.82) is 0 Å². The van der Waals surface area contributed by atoms with Crippen LogP contribution in [-0.4, -0.2) is 14.5 Å². The van der Waals surface area contributed by atoms with E-state index in [2.05, 4.69) is 55.1 Å². The van der Waals surface area contributed by atoms with Gasteiger partial charge in [0.1, 0.15) is 11.4 Å². The molecule has 0 atom stereocenters. The summed E-state index contributed by atoms with van der Waals surface area (Å²) in [6.45, 7) is 8.61. The van der Waals surface area contributed by atoms with E-state index in [4.69, 9.17) is 4.43 Å². The molecule has 0 aliphatic heterocycles. The number of hydrogen-bond acceptors (Lipinski definition) is 3. The number of hydrogen-bond donors (Lipinski definition) is 0. The number of aryl methyl sites for hydroxylation is 1. The summed E-state index contributed by atoms with van der Waals surface area (Å²) in [7, 11) is -1.61. The number of rotatable bonds is 4. The van der Waals surface area contributed by atoms with Crippen LogP contribution in [0.4, 0.5) is 5.69 Å². The van der Waals surface area contributed by atoms with Crippen LogP contribution in [0, 0.1) is 6.92 Å². The molecular formula is C15H19NOSSi. The molecule has 2 aromatic rings. The first-order valence-corrected chi connectivity index (χ1v) is 10.6. The molecule has 19 heavy (non-hydrogen) atoms. The van der Waals surface area contributed by atoms with Gasteiger partial charge in [-0.15, -0.1) is 11.3 Å². The second-order valence-corrected chi connectivity index (χ2v) is 10.9. The highest BCUT2D eigenvalue weighted by atomic mass is 32.1. The Hall–Kier alpha value is -1.39. The highest BCUT2D eigenvalue weighted by Crippen LogP contribution is 2.30. The van der Waals surface area contributed by atoms with Crippen molar-refractivity contribution < 1.29 is 4.43 Å². The van der Waals surface area contributed by atoms with Crippen molar-refractivity contribution in [1.82, 2.24) is 0 Å². The van der Waals surface area contributed by atoms with Gasteiger partial charge in [0.05, 0.1) is 0 Å². The van der Waals surface area contributed by atoms with Crippen LogP contribution in [0.2, 0.25) is 19.6 Å². The third kappa shape index (κ3) is 4.33. The van der Waals surface area contributed by atoms with E-state index >= 15 is 0 Å². The molecule has 0 aliphatic rings. The van der Waals surface area contributed by atoms with E-state index in [0.717, 1.165) is 16.3 Å². The molecule has 0 unspecified atom stereocenters. The lowest BCUT2D eigenvalue weighted by Gasteiger charge is -2.20. The largest absolute Gasteiger partial charge is 0.543 e. The number of thiophene rings is 1. The third-order valence-electron chi connectivity index (χ3n) is 2.40. The summed E-state index contributed by atoms with van der Waals surface area (Å²) < 4.78 is 6.09. The first-order valence-electron chi connectivity index (χ1n) is 6.31. The summed E-state index contributed by atoms with van der Waals surface area (Å²) >= 11 is 1.68. The van der Waals surface area contributed by atoms with Gasteiger partial charge in [-0.3, -0.25) is 4.99 Å². The molecule has 0 fully saturated rings. The molecule has 100 valence electrons. The lowest BCUT2D eigenvalue weighted by molar-refractivity contribution is 0.559. The van der Waals surface area contributed by atoms with Gasteiger partial charge in [0.25, 0.3) is 0 Å². The van der Waals surface area contributed by atoms with Crippen LogP contribution in [0.25, 0.3) is 0 Å². The Morgan fingerprint density at radius 2 is 2.00 bits per heavy atom. The van der Waals surface area contributed by atoms with Crippen molar-refractivity contribution in [3.8, 4) is 5.75 Å². The maximum Gasteiger partial charge on any atom is 0.242 e. The zero-order valence-electron chi connectivity index (χ0n) is 11.8. The van der Waals surface area contributed by atoms with Gasteiger partial charge in [-0.1, -0.05) is 12.1 Å². The molecule has 0 spiro atoms. The lowest BCUT2D eigenvalue weighted by atomic mass is 10.2. The molecule has 1 aromatic heterocycles. The second-order valence-electron chi connectivity index (χ2n) is 5.46. The summed E-state index contributed by atoms with van der Waals surface area (Å²) in [5.41, 5.74) is 2.11. The minimum atomic E-state index is -1.61. The number of benzene rings is 1. The van der Waals surface area contributed by atoms with Gasteiger partial charge in [-0.2, -0.15) is 0 Å². The number of aliphatic imine (C=N–C) groups is 1. The lowest BCUT2D eigenvalue weighted by Crippen LogP contribution is -2.29. The quantitative estimate of drug-likeness (QED) is 0.572. The first kappa shape index (κ1) is 14.0. The van der Waals surface area contributed by atoms with Gasteiger partial charge in [0, 0.05) is 11.1 Å². The van der Waals surface area contributed by atoms with Crippen LogP contribution < -0.4 is 4.43 Å². The molecule has 0 aliphatic carbocycles. The monoisotopic (exact) mass is 289 g/mol. The van der Waals surface area contributed by atoms with Gasteiger partial charge in [-0.05, 0) is 55.7 Å². The van der Waals surface area contributed by atoms with E-state index in [0.29, 0.717) is 0 Å². The summed E-state index contributed by atoms with van der Waals surface area (Å²) in [4.78, 5) is 5.73. The molecule has 0 bridgehead atoms. The Kier molecular flexibility index (Phi) is 4.22. The predicted molar refractivity (Wildman–Crippen MR) is 86.7 cm³/mol. The van der Waals surface area contributed by atoms with E-state index in [1.165, 1.54) is 5.56 Å². The van der Waals surface area contributed by atoms with Crippen molar-refractivity contribution in [2.75, 3.05) is 0 Å². The topological polar surface area (TPSA) is 21.6 Å². The van der Waals surface area contributed by atoms with Crippen LogP contribution in [0.1, 0.15) is 10.4 Å². The summed E-state index contributed by atoms with van der Waals surface area (Å²) in [6.07, 6.45) is 1.90. The summed E-state index contributed by atoms with van der Waals surface area (Å²) in [5, 5.41) is 2.05. The van der Waals surface area contributed by atoms with Crippen molar-refractivity contribution in [3.05, 3.63) is 46.2 Å². The predicted octanol–water partition coefficient (Wildman–Crippen LogP) is 5.02. The second kappa shape index (κ2) is 5.71. The van der Waals surface area contributed by atoms with Crippen LogP contribution in [0.15, 0.2) is 40.7 Å². The van der Waals surface area contributed by atoms with Gasteiger partial charge in [0.2, 0.25) is 8.32 Å². The van der Waals surface area contributed by atoms with Gasteiger partial charge in [-0.25, -0.2) is 0 Å². The minimum Gasteiger partial charge on any atom is -0.543 e. The molecule has 1 heterocycles. The molecule has 1 aromatic carbocycles. The van der Waals surface area contributed by atoms with Crippen LogP contribution in [-0.2, 0) is 0 Å². The van der Waals surface area contributed by atoms with E-state index in [1.807, 2.05) is 18.3 Å². The molecule has 2 rings (SSSR count). The smallest absolute Gasteiger partial charge is 0.242 e. The van der Waals surface area contributed by atoms with Crippen molar-refractivity contribution in [2.45, 2.75) is 26.6 Å². The van der Waals surface area contributed by atoms with Gasteiger partial charge < -0.3 is 4.43 Å². The SMILES string of the molecule is Cc1ccc(O[Si](C)(C)C)c(N=Cc2cccs2)c1. The summed E-state index contributed by atoms with van der Waals surface area (Å²) in [6, 6.07) is 10.2. The molecule has 0 N–H and O–H groups in total. The Morgan fingerprint density at radius 1 is 1.21 bits per heavy atom. The van der Waals surface area contributed by atoms with Gasteiger partial charge >= 0.3 is 0 Å². The molecule has 0 radical (unpaired) electrons. The fraction of sp³-hybridized carbons (Fsp3) is 0.267. The maximum absolute atomic E-state index is 6.09. The fourth-order valence-corrected chi connectivity index (χ4v) is 3.06. The molecule has 0 saturated heterocycles. The van der Waals surface area contributed by atoms with Crippen molar-refractivity contribution >= 4 is 31.6 Å². The normalized spacial score (nSPS) is 12.0. The molecular weight excluding hydrogens is 270 g/mol. The van der Waals surface area contributed by atoms with Gasteiger partial charge in [0.15, 0.2) is 0 Å². The fourth-order valence-electron chi connectivity index (χ4n) is 1.64. The van der Waals surface area contributed by atoms with E-state index < -0.39 is 8.32 Å². The van der Waals surface area contributed by atoms with E-state index in [9.17, 15) is 0 Å². The molecule has 0 saturated carbocycles. The zero-order chi connectivity index (χ0) is 13.9. The average Bonchev–Trinajstić information content (AvgIpc) is 2.81.